The highest BCUT2D eigenvalue weighted by molar-refractivity contribution is 6.14. The molecule has 0 aliphatic rings. The van der Waals surface area contributed by atoms with Gasteiger partial charge in [0.2, 0.25) is 0 Å². The zero-order valence-electron chi connectivity index (χ0n) is 78.4. The predicted molar refractivity (Wildman–Crippen MR) is 586 cm³/mol. The van der Waals surface area contributed by atoms with E-state index >= 15 is 0 Å². The van der Waals surface area contributed by atoms with Gasteiger partial charge in [-0.3, -0.25) is 0 Å². The average Bonchev–Trinajstić information content (AvgIpc) is 1.59. The van der Waals surface area contributed by atoms with Crippen molar-refractivity contribution in [1.82, 2.24) is 18.3 Å². The molecule has 0 saturated carbocycles. The van der Waals surface area contributed by atoms with Gasteiger partial charge >= 0.3 is 0 Å². The predicted octanol–water partition coefficient (Wildman–Crippen LogP) is 35.8. The first kappa shape index (κ1) is 87.4. The van der Waals surface area contributed by atoms with E-state index in [0.717, 1.165) is 73.3 Å². The Morgan fingerprint density at radius 3 is 0.797 bits per heavy atom. The second-order valence-corrected chi connectivity index (χ2v) is 37.4. The van der Waals surface area contributed by atoms with Gasteiger partial charge < -0.3 is 39.5 Å². The van der Waals surface area contributed by atoms with Crippen molar-refractivity contribution in [3.05, 3.63) is 508 Å². The zero-order valence-corrected chi connectivity index (χ0v) is 78.4. The minimum atomic E-state index is -0.230. The lowest BCUT2D eigenvalue weighted by Crippen LogP contribution is -2.15. The van der Waals surface area contributed by atoms with E-state index in [2.05, 4.69) is 470 Å². The van der Waals surface area contributed by atoms with Crippen LogP contribution in [0.1, 0.15) is 58.2 Å². The van der Waals surface area contributed by atoms with E-state index < -0.39 is 0 Å². The molecule has 138 heavy (non-hydrogen) atoms. The number of aromatic nitrogens is 4. The minimum Gasteiger partial charge on any atom is -0.356 e. The van der Waals surface area contributed by atoms with E-state index in [1.807, 2.05) is 91.0 Å². The molecule has 4 N–H and O–H groups in total. The summed E-state index contributed by atoms with van der Waals surface area (Å²) < 4.78 is 22.9. The van der Waals surface area contributed by atoms with Gasteiger partial charge in [-0.05, 0) is 297 Å². The Morgan fingerprint density at radius 1 is 0.188 bits per heavy atom. The summed E-state index contributed by atoms with van der Waals surface area (Å²) in [6.45, 7) is 15.8. The van der Waals surface area contributed by atoms with Crippen LogP contribution in [0.2, 0.25) is 0 Å². The van der Waals surface area contributed by atoms with Gasteiger partial charge in [0, 0.05) is 111 Å². The zero-order chi connectivity index (χ0) is 93.8. The van der Waals surface area contributed by atoms with Crippen molar-refractivity contribution >= 4 is 133 Å². The summed E-state index contributed by atoms with van der Waals surface area (Å²) in [6, 6.07) is 170. The molecule has 0 aliphatic carbocycles. The Bertz CT molecular complexity index is 8480. The minimum absolute atomic E-state index is 0.0454. The van der Waals surface area contributed by atoms with E-state index in [1.165, 1.54) is 155 Å². The summed E-state index contributed by atoms with van der Waals surface area (Å²) in [4.78, 5) is 0. The molecular weight excluding hydrogens is 1680 g/mol. The Hall–Kier alpha value is -17.3. The summed E-state index contributed by atoms with van der Waals surface area (Å²) in [5, 5.41) is 23.9. The summed E-state index contributed by atoms with van der Waals surface area (Å²) in [5.74, 6) is -0.230. The highest BCUT2D eigenvalue weighted by Crippen LogP contribution is 2.44. The molecule has 4 heterocycles. The van der Waals surface area contributed by atoms with Crippen LogP contribution < -0.4 is 21.3 Å². The van der Waals surface area contributed by atoms with Gasteiger partial charge in [0.1, 0.15) is 5.82 Å². The molecule has 0 atom stereocenters. The normalized spacial score (nSPS) is 11.5. The van der Waals surface area contributed by atoms with Crippen LogP contribution in [0.5, 0.6) is 0 Å². The summed E-state index contributed by atoms with van der Waals surface area (Å²) in [7, 11) is 0. The lowest BCUT2D eigenvalue weighted by Gasteiger charge is -2.24. The number of rotatable bonds is 16. The van der Waals surface area contributed by atoms with Crippen molar-refractivity contribution in [1.29, 1.82) is 0 Å². The molecule has 668 valence electrons. The van der Waals surface area contributed by atoms with Crippen molar-refractivity contribution in [2.75, 3.05) is 21.3 Å². The lowest BCUT2D eigenvalue weighted by atomic mass is 9.85. The number of fused-ring (bicyclic) bond motifs is 12. The number of benzene rings is 20. The maximum Gasteiger partial charge on any atom is 0.123 e. The van der Waals surface area contributed by atoms with Gasteiger partial charge in [-0.2, -0.15) is 0 Å². The van der Waals surface area contributed by atoms with Crippen molar-refractivity contribution in [3.63, 3.8) is 0 Å². The van der Waals surface area contributed by atoms with Crippen LogP contribution in [-0.2, 0) is 10.8 Å². The Balaban J connectivity index is 0.000000110. The molecule has 24 rings (SSSR count). The highest BCUT2D eigenvalue weighted by atomic mass is 19.1. The fraction of sp³-hybridized carbons (Fsp3) is 0.0698. The van der Waals surface area contributed by atoms with Crippen LogP contribution in [-0.4, -0.2) is 18.3 Å². The van der Waals surface area contributed by atoms with Crippen LogP contribution in [0, 0.1) is 12.7 Å². The Kier molecular flexibility index (Phi) is 24.1. The molecule has 0 bridgehead atoms. The molecule has 0 spiro atoms. The number of nitrogens with one attached hydrogen (secondary N) is 4. The molecule has 20 aromatic carbocycles. The number of nitrogens with zero attached hydrogens (tertiary/aromatic N) is 4. The average molecular weight is 1790 g/mol. The molecule has 0 aliphatic heterocycles. The van der Waals surface area contributed by atoms with Crippen LogP contribution in [0.3, 0.4) is 0 Å². The van der Waals surface area contributed by atoms with E-state index in [4.69, 9.17) is 0 Å². The first-order chi connectivity index (χ1) is 67.5. The van der Waals surface area contributed by atoms with Crippen LogP contribution in [0.15, 0.2) is 485 Å². The van der Waals surface area contributed by atoms with Crippen LogP contribution in [0.25, 0.3) is 154 Å². The second kappa shape index (κ2) is 38.0. The van der Waals surface area contributed by atoms with Gasteiger partial charge in [-0.15, -0.1) is 0 Å². The fourth-order valence-electron chi connectivity index (χ4n) is 19.2. The topological polar surface area (TPSA) is 67.8 Å². The Morgan fingerprint density at radius 2 is 0.457 bits per heavy atom. The summed E-state index contributed by atoms with van der Waals surface area (Å²) in [5.41, 5.74) is 36.6. The molecule has 9 heteroatoms. The fourth-order valence-corrected chi connectivity index (χ4v) is 19.2. The quantitative estimate of drug-likeness (QED) is 0.0778. The van der Waals surface area contributed by atoms with Crippen molar-refractivity contribution in [3.8, 4) is 67.3 Å². The number of anilines is 8. The molecule has 0 radical (unpaired) electrons. The molecule has 8 nitrogen and oxygen atoms in total. The lowest BCUT2D eigenvalue weighted by molar-refractivity contribution is 0.587. The van der Waals surface area contributed by atoms with Crippen molar-refractivity contribution in [2.24, 2.45) is 0 Å². The van der Waals surface area contributed by atoms with Crippen molar-refractivity contribution in [2.45, 2.75) is 59.3 Å². The third kappa shape index (κ3) is 18.2. The SMILES string of the molecule is CC(C)(C)c1cccc(-n2c3ccccc3c3cc(-c4ccc(Nc5ccccc5)cc4)ccc32)c1.CC(C)(C)c1ccccc1-n1c2ccccc2c2cc(-c3ccc(Nc4ccccc4)cc3)ccc21.Cc1ccccc1-n1c2ccccc2c2cc(-c3ccc(Nc4ccccc4)cc3)ccc21.Fc1ccc(-n2c3ccccc3c3cc(-c4ccc(Nc5ccccc5)cc4)ccc32)cc1. The molecule has 0 fully saturated rings. The number of halogens is 1. The first-order valence-electron chi connectivity index (χ1n) is 47.4. The first-order valence-corrected chi connectivity index (χ1v) is 47.4. The maximum atomic E-state index is 13.5. The number of hydrogen-bond acceptors (Lipinski definition) is 4. The van der Waals surface area contributed by atoms with E-state index in [9.17, 15) is 4.39 Å². The summed E-state index contributed by atoms with van der Waals surface area (Å²) >= 11 is 0. The van der Waals surface area contributed by atoms with Gasteiger partial charge in [0.05, 0.1) is 44.1 Å². The molecular formula is C129H105FN8. The third-order valence-electron chi connectivity index (χ3n) is 26.2. The van der Waals surface area contributed by atoms with Gasteiger partial charge in [0.15, 0.2) is 0 Å². The number of hydrogen-bond donors (Lipinski definition) is 4. The van der Waals surface area contributed by atoms with Crippen molar-refractivity contribution < 1.29 is 4.39 Å². The number of aryl methyl sites for hydroxylation is 1. The highest BCUT2D eigenvalue weighted by Gasteiger charge is 2.24. The molecule has 4 aromatic heterocycles. The summed E-state index contributed by atoms with van der Waals surface area (Å²) in [6.07, 6.45) is 0. The maximum absolute atomic E-state index is 13.5. The molecule has 24 aromatic rings. The van der Waals surface area contributed by atoms with Crippen LogP contribution in [0.4, 0.5) is 49.9 Å². The number of para-hydroxylation sites is 10. The molecule has 0 saturated heterocycles. The molecule has 0 unspecified atom stereocenters. The standard InChI is InChI=1S/2C34H30N2.C31H24N2.C30H21FN2/c1-34(2,3)30-14-8-10-16-33(30)36-31-15-9-7-13-28(31)29-23-25(19-22-32(29)36)24-17-20-27(21-18-24)35-26-11-5-4-6-12-26;1-34(2,3)26-10-9-13-29(23-26)36-32-15-8-7-14-30(32)31-22-25(18-21-33(31)36)24-16-19-28(20-17-24)35-27-11-5-4-6-12-27;1-22-9-5-7-13-29(22)33-30-14-8-6-12-27(30)28-21-24(17-20-31(28)33)23-15-18-26(19-16-23)32-25-10-3-2-4-11-25;31-23-13-17-26(18-14-23)33-29-9-5-4-8-27(29)28-20-22(12-19-30(28)33)21-10-15-25(16-11-21)32-24-6-2-1-3-7-24/h2*4-23,35H,1-3H3;2-21,32H,1H3;1-20,32H. The smallest absolute Gasteiger partial charge is 0.123 e. The largest absolute Gasteiger partial charge is 0.356 e. The van der Waals surface area contributed by atoms with E-state index in [-0.39, 0.29) is 16.6 Å². The van der Waals surface area contributed by atoms with E-state index in [1.54, 1.807) is 0 Å². The van der Waals surface area contributed by atoms with E-state index in [0.29, 0.717) is 0 Å². The van der Waals surface area contributed by atoms with Gasteiger partial charge in [0.25, 0.3) is 0 Å². The van der Waals surface area contributed by atoms with Gasteiger partial charge in [-0.1, -0.05) is 308 Å². The van der Waals surface area contributed by atoms with Crippen LogP contribution >= 0.6 is 0 Å². The molecule has 0 amide bonds. The van der Waals surface area contributed by atoms with Gasteiger partial charge in [-0.25, -0.2) is 4.39 Å². The third-order valence-corrected chi connectivity index (χ3v) is 26.2. The second-order valence-electron chi connectivity index (χ2n) is 37.4. The monoisotopic (exact) mass is 1780 g/mol. The Labute approximate surface area is 805 Å².